The minimum absolute atomic E-state index is 0.0231. The van der Waals surface area contributed by atoms with Gasteiger partial charge in [0.15, 0.2) is 0 Å². The van der Waals surface area contributed by atoms with Crippen LogP contribution in [0.4, 0.5) is 5.69 Å². The molecule has 0 aliphatic carbocycles. The molecule has 0 fully saturated rings. The first-order chi connectivity index (χ1) is 14.0. The summed E-state index contributed by atoms with van der Waals surface area (Å²) in [6, 6.07) is 15.9. The first kappa shape index (κ1) is 19.0. The molecule has 29 heavy (non-hydrogen) atoms. The van der Waals surface area contributed by atoms with E-state index in [4.69, 9.17) is 0 Å². The number of nitro groups is 1. The van der Waals surface area contributed by atoms with Crippen molar-refractivity contribution in [3.05, 3.63) is 96.0 Å². The summed E-state index contributed by atoms with van der Waals surface area (Å²) in [5.41, 5.74) is 2.73. The van der Waals surface area contributed by atoms with Crippen molar-refractivity contribution in [2.24, 2.45) is 10.2 Å². The van der Waals surface area contributed by atoms with E-state index < -0.39 is 4.92 Å². The predicted octanol–water partition coefficient (Wildman–Crippen LogP) is 4.03. The van der Waals surface area contributed by atoms with Gasteiger partial charge >= 0.3 is 4.87 Å². The molecule has 7 nitrogen and oxygen atoms in total. The molecule has 144 valence electrons. The number of rotatable bonds is 5. The van der Waals surface area contributed by atoms with Crippen LogP contribution >= 0.6 is 24.0 Å². The normalized spacial score (nSPS) is 14.4. The van der Waals surface area contributed by atoms with Crippen molar-refractivity contribution in [2.45, 2.75) is 11.6 Å². The topological polar surface area (TPSA) is 89.9 Å². The molecule has 0 saturated carbocycles. The van der Waals surface area contributed by atoms with E-state index in [2.05, 4.69) is 22.8 Å². The van der Waals surface area contributed by atoms with Crippen LogP contribution in [-0.2, 0) is 6.54 Å². The third kappa shape index (κ3) is 3.96. The third-order valence-corrected chi connectivity index (χ3v) is 5.88. The van der Waals surface area contributed by atoms with Crippen molar-refractivity contribution < 1.29 is 4.92 Å². The minimum Gasteiger partial charge on any atom is -0.289 e. The quantitative estimate of drug-likeness (QED) is 0.382. The Kier molecular flexibility index (Phi) is 5.24. The smallest absolute Gasteiger partial charge is 0.289 e. The summed E-state index contributed by atoms with van der Waals surface area (Å²) in [5.74, 6) is 0. The van der Waals surface area contributed by atoms with E-state index in [9.17, 15) is 14.9 Å². The second-order valence-electron chi connectivity index (χ2n) is 6.23. The second-order valence-corrected chi connectivity index (χ2v) is 7.64. The van der Waals surface area contributed by atoms with Gasteiger partial charge in [0.05, 0.1) is 27.6 Å². The van der Waals surface area contributed by atoms with Gasteiger partial charge in [-0.2, -0.15) is 5.10 Å². The Bertz CT molecular complexity index is 1240. The summed E-state index contributed by atoms with van der Waals surface area (Å²) in [7, 11) is 0. The van der Waals surface area contributed by atoms with Crippen molar-refractivity contribution >= 4 is 47.7 Å². The van der Waals surface area contributed by atoms with Crippen LogP contribution < -0.4 is 4.87 Å². The Hall–Kier alpha value is -3.30. The Morgan fingerprint density at radius 1 is 1.17 bits per heavy atom. The number of nitrogens with zero attached hydrogens (tertiary/aromatic N) is 4. The van der Waals surface area contributed by atoms with E-state index in [1.54, 1.807) is 29.0 Å². The fourth-order valence-electron chi connectivity index (χ4n) is 2.92. The maximum absolute atomic E-state index is 12.5. The van der Waals surface area contributed by atoms with Crippen LogP contribution in [0.1, 0.15) is 16.0 Å². The number of thiazole rings is 1. The summed E-state index contributed by atoms with van der Waals surface area (Å²) < 4.78 is 1.60. The highest BCUT2D eigenvalue weighted by Crippen LogP contribution is 2.25. The summed E-state index contributed by atoms with van der Waals surface area (Å²) in [4.78, 5) is 23.6. The standard InChI is InChI=1S/C20H14N4O3S2/c25-20-23(12-13-5-2-1-3-6-13)19(28)17(29-20)10-15-11-21-22-18(15)14-7-4-8-16(9-14)24(26)27/h1-11,28H,12H2. The molecule has 9 heteroatoms. The summed E-state index contributed by atoms with van der Waals surface area (Å²) in [5, 5.41) is 19.6. The largest absolute Gasteiger partial charge is 0.308 e. The fraction of sp³-hybridized carbons (Fsp3) is 0.0500. The van der Waals surface area contributed by atoms with Gasteiger partial charge < -0.3 is 0 Å². The Morgan fingerprint density at radius 3 is 2.72 bits per heavy atom. The molecular formula is C20H14N4O3S2. The Morgan fingerprint density at radius 2 is 1.97 bits per heavy atom. The highest BCUT2D eigenvalue weighted by molar-refractivity contribution is 7.80. The summed E-state index contributed by atoms with van der Waals surface area (Å²) in [6.07, 6.45) is 3.34. The van der Waals surface area contributed by atoms with E-state index in [0.29, 0.717) is 33.3 Å². The zero-order chi connectivity index (χ0) is 20.4. The zero-order valence-electron chi connectivity index (χ0n) is 14.9. The molecule has 0 radical (unpaired) electrons. The number of non-ortho nitro benzene ring substituents is 1. The van der Waals surface area contributed by atoms with E-state index in [-0.39, 0.29) is 10.6 Å². The van der Waals surface area contributed by atoms with E-state index >= 15 is 0 Å². The van der Waals surface area contributed by atoms with Gasteiger partial charge in [-0.3, -0.25) is 19.5 Å². The van der Waals surface area contributed by atoms with Crippen molar-refractivity contribution in [1.82, 2.24) is 4.57 Å². The van der Waals surface area contributed by atoms with Crippen LogP contribution in [0.3, 0.4) is 0 Å². The first-order valence-corrected chi connectivity index (χ1v) is 9.84. The molecule has 0 N–H and O–H groups in total. The molecule has 0 unspecified atom stereocenters. The van der Waals surface area contributed by atoms with Gasteiger partial charge in [0.2, 0.25) is 0 Å². The van der Waals surface area contributed by atoms with Gasteiger partial charge in [-0.05, 0) is 11.6 Å². The van der Waals surface area contributed by atoms with Crippen molar-refractivity contribution in [1.29, 1.82) is 0 Å². The zero-order valence-corrected chi connectivity index (χ0v) is 16.6. The van der Waals surface area contributed by atoms with Gasteiger partial charge in [-0.1, -0.05) is 53.8 Å². The van der Waals surface area contributed by atoms with Gasteiger partial charge in [0.25, 0.3) is 5.69 Å². The lowest BCUT2D eigenvalue weighted by Crippen LogP contribution is -2.14. The molecule has 1 aliphatic rings. The molecule has 0 amide bonds. The molecule has 2 aromatic carbocycles. The summed E-state index contributed by atoms with van der Waals surface area (Å²) >= 11 is 5.63. The van der Waals surface area contributed by atoms with Crippen LogP contribution in [0.25, 0.3) is 6.08 Å². The lowest BCUT2D eigenvalue weighted by Gasteiger charge is -2.05. The lowest BCUT2D eigenvalue weighted by atomic mass is 10.0. The maximum Gasteiger partial charge on any atom is 0.308 e. The number of hydrogen-bond donors (Lipinski definition) is 1. The van der Waals surface area contributed by atoms with Gasteiger partial charge in [0.1, 0.15) is 5.71 Å². The first-order valence-electron chi connectivity index (χ1n) is 8.57. The number of hydrogen-bond acceptors (Lipinski definition) is 7. The Labute approximate surface area is 174 Å². The van der Waals surface area contributed by atoms with Crippen molar-refractivity contribution in [3.8, 4) is 0 Å². The maximum atomic E-state index is 12.5. The molecule has 0 atom stereocenters. The monoisotopic (exact) mass is 422 g/mol. The predicted molar refractivity (Wildman–Crippen MR) is 117 cm³/mol. The van der Waals surface area contributed by atoms with Crippen LogP contribution in [-0.4, -0.2) is 21.4 Å². The van der Waals surface area contributed by atoms with Crippen LogP contribution in [0.15, 0.2) is 80.2 Å². The number of aromatic nitrogens is 1. The minimum atomic E-state index is -0.454. The van der Waals surface area contributed by atoms with Crippen molar-refractivity contribution in [3.63, 3.8) is 0 Å². The number of thiol groups is 1. The van der Waals surface area contributed by atoms with E-state index in [0.717, 1.165) is 16.9 Å². The average Bonchev–Trinajstić information content (AvgIpc) is 3.29. The molecule has 0 spiro atoms. The molecule has 0 saturated heterocycles. The number of nitro benzene ring substituents is 1. The van der Waals surface area contributed by atoms with E-state index in [1.165, 1.54) is 12.1 Å². The van der Waals surface area contributed by atoms with E-state index in [1.807, 2.05) is 30.3 Å². The molecule has 4 rings (SSSR count). The molecular weight excluding hydrogens is 408 g/mol. The third-order valence-electron chi connectivity index (χ3n) is 4.32. The van der Waals surface area contributed by atoms with Gasteiger partial charge in [-0.15, -0.1) is 17.7 Å². The average molecular weight is 422 g/mol. The number of benzene rings is 2. The highest BCUT2D eigenvalue weighted by atomic mass is 32.1. The van der Waals surface area contributed by atoms with Gasteiger partial charge in [0, 0.05) is 23.3 Å². The van der Waals surface area contributed by atoms with Gasteiger partial charge in [-0.25, -0.2) is 0 Å². The number of allylic oxidation sites excluding steroid dienone is 1. The molecule has 1 aliphatic heterocycles. The molecule has 0 bridgehead atoms. The van der Waals surface area contributed by atoms with Crippen molar-refractivity contribution in [2.75, 3.05) is 0 Å². The van der Waals surface area contributed by atoms with Crippen LogP contribution in [0.5, 0.6) is 0 Å². The lowest BCUT2D eigenvalue weighted by molar-refractivity contribution is -0.384. The van der Waals surface area contributed by atoms with Crippen LogP contribution in [0.2, 0.25) is 0 Å². The highest BCUT2D eigenvalue weighted by Gasteiger charge is 2.18. The molecule has 3 aromatic rings. The Balaban J connectivity index is 1.68. The van der Waals surface area contributed by atoms with Crippen LogP contribution in [0, 0.1) is 10.1 Å². The SMILES string of the molecule is O=c1sc(C=C2C=NN=C2c2cccc([N+](=O)[O-])c2)c(S)n1Cc1ccccc1. The molecule has 2 heterocycles. The summed E-state index contributed by atoms with van der Waals surface area (Å²) in [6.45, 7) is 0.429. The second kappa shape index (κ2) is 7.98. The molecule has 1 aromatic heterocycles. The fourth-order valence-corrected chi connectivity index (χ4v) is 4.19.